The second kappa shape index (κ2) is 24.0. The number of hydrogen-bond acceptors (Lipinski definition) is 12. The van der Waals surface area contributed by atoms with Crippen LogP contribution in [0.4, 0.5) is 0 Å². The molecule has 1 atom stereocenters. The van der Waals surface area contributed by atoms with Crippen molar-refractivity contribution in [2.24, 2.45) is 5.92 Å². The first-order valence-electron chi connectivity index (χ1n) is 15.7. The van der Waals surface area contributed by atoms with Crippen molar-refractivity contribution in [2.45, 2.75) is 112 Å². The SMILES string of the molecule is CCO[Si](CCCSC(=O)CCC(CC(=O)OC(C)(C)C)C(=O)SCCC[Si](OCC)(OCC)OCC)(OCC)OCC. The molecule has 254 valence electrons. The minimum absolute atomic E-state index is 0.00980. The molecule has 0 N–H and O–H groups in total. The van der Waals surface area contributed by atoms with E-state index in [1.165, 1.54) is 23.5 Å². The highest BCUT2D eigenvalue weighted by Gasteiger charge is 2.40. The van der Waals surface area contributed by atoms with Crippen molar-refractivity contribution < 1.29 is 45.7 Å². The van der Waals surface area contributed by atoms with Crippen LogP contribution < -0.4 is 0 Å². The number of hydrogen-bond donors (Lipinski definition) is 0. The summed E-state index contributed by atoms with van der Waals surface area (Å²) < 4.78 is 40.9. The van der Waals surface area contributed by atoms with Crippen LogP contribution in [-0.4, -0.2) is 90.6 Å². The van der Waals surface area contributed by atoms with E-state index in [1.54, 1.807) is 20.8 Å². The van der Waals surface area contributed by atoms with E-state index in [4.69, 9.17) is 31.3 Å². The fourth-order valence-electron chi connectivity index (χ4n) is 4.31. The molecule has 0 aromatic carbocycles. The molecule has 0 aliphatic heterocycles. The van der Waals surface area contributed by atoms with Gasteiger partial charge in [0.05, 0.1) is 6.42 Å². The molecule has 0 aromatic rings. The maximum atomic E-state index is 13.2. The molecule has 0 rings (SSSR count). The molecule has 0 radical (unpaired) electrons. The second-order valence-electron chi connectivity index (χ2n) is 10.6. The van der Waals surface area contributed by atoms with Gasteiger partial charge in [0.1, 0.15) is 5.60 Å². The topological polar surface area (TPSA) is 116 Å². The summed E-state index contributed by atoms with van der Waals surface area (Å²) in [6, 6.07) is 1.24. The Labute approximate surface area is 271 Å². The highest BCUT2D eigenvalue weighted by molar-refractivity contribution is 8.13. The van der Waals surface area contributed by atoms with Gasteiger partial charge in [-0.2, -0.15) is 0 Å². The van der Waals surface area contributed by atoms with Gasteiger partial charge < -0.3 is 31.3 Å². The minimum atomic E-state index is -2.79. The van der Waals surface area contributed by atoms with Crippen LogP contribution in [-0.2, 0) is 45.7 Å². The van der Waals surface area contributed by atoms with Crippen LogP contribution in [0.2, 0.25) is 12.1 Å². The molecule has 0 spiro atoms. The zero-order valence-electron chi connectivity index (χ0n) is 28.1. The summed E-state index contributed by atoms with van der Waals surface area (Å²) in [6.45, 7) is 19.9. The van der Waals surface area contributed by atoms with Crippen molar-refractivity contribution in [2.75, 3.05) is 51.1 Å². The molecule has 10 nitrogen and oxygen atoms in total. The third kappa shape index (κ3) is 19.7. The lowest BCUT2D eigenvalue weighted by atomic mass is 10.0. The largest absolute Gasteiger partial charge is 0.500 e. The van der Waals surface area contributed by atoms with Crippen molar-refractivity contribution >= 4 is 57.3 Å². The summed E-state index contributed by atoms with van der Waals surface area (Å²) in [5, 5.41) is -0.120. The van der Waals surface area contributed by atoms with E-state index in [0.717, 1.165) is 6.42 Å². The van der Waals surface area contributed by atoms with Gasteiger partial charge in [-0.05, 0) is 81.6 Å². The first kappa shape index (κ1) is 42.7. The van der Waals surface area contributed by atoms with Gasteiger partial charge >= 0.3 is 23.6 Å². The predicted molar refractivity (Wildman–Crippen MR) is 178 cm³/mol. The summed E-state index contributed by atoms with van der Waals surface area (Å²) in [4.78, 5) is 38.6. The van der Waals surface area contributed by atoms with Gasteiger partial charge in [-0.25, -0.2) is 0 Å². The lowest BCUT2D eigenvalue weighted by Gasteiger charge is -2.28. The third-order valence-corrected chi connectivity index (χ3v) is 14.2. The van der Waals surface area contributed by atoms with Crippen LogP contribution in [0.1, 0.15) is 94.4 Å². The van der Waals surface area contributed by atoms with Gasteiger partial charge in [0.25, 0.3) is 0 Å². The average Bonchev–Trinajstić information content (AvgIpc) is 2.91. The first-order chi connectivity index (χ1) is 20.3. The monoisotopic (exact) mass is 686 g/mol. The number of carbonyl (C=O) groups is 3. The molecule has 0 saturated carbocycles. The fraction of sp³-hybridized carbons (Fsp3) is 0.897. The summed E-state index contributed by atoms with van der Waals surface area (Å²) in [5.41, 5.74) is -0.654. The van der Waals surface area contributed by atoms with Crippen LogP contribution >= 0.6 is 23.5 Å². The maximum Gasteiger partial charge on any atom is 0.500 e. The van der Waals surface area contributed by atoms with E-state index in [-0.39, 0.29) is 23.1 Å². The smallest absolute Gasteiger partial charge is 0.460 e. The van der Waals surface area contributed by atoms with E-state index in [9.17, 15) is 14.4 Å². The standard InChI is InChI=1S/C29H58O10S2Si2/c1-10-33-42(34-11-2,35-12-3)22-16-20-40-27(31)19-18-25(24-26(30)39-29(7,8)9)28(32)41-21-17-23-43(36-13-4,37-14-5)38-15-6/h25H,10-24H2,1-9H3. The van der Waals surface area contributed by atoms with Crippen LogP contribution in [0.3, 0.4) is 0 Å². The lowest BCUT2D eigenvalue weighted by Crippen LogP contribution is -2.46. The number of carbonyl (C=O) groups excluding carboxylic acids is 3. The van der Waals surface area contributed by atoms with E-state index in [1.807, 2.05) is 41.5 Å². The molecule has 0 fully saturated rings. The summed E-state index contributed by atoms with van der Waals surface area (Å²) in [6.07, 6.45) is 1.83. The molecule has 0 aliphatic rings. The van der Waals surface area contributed by atoms with Crippen LogP contribution in [0, 0.1) is 5.92 Å². The average molecular weight is 687 g/mol. The van der Waals surface area contributed by atoms with Crippen LogP contribution in [0.15, 0.2) is 0 Å². The van der Waals surface area contributed by atoms with Crippen LogP contribution in [0.25, 0.3) is 0 Å². The van der Waals surface area contributed by atoms with E-state index in [2.05, 4.69) is 0 Å². The fourth-order valence-corrected chi connectivity index (χ4v) is 11.8. The highest BCUT2D eigenvalue weighted by Crippen LogP contribution is 2.27. The second-order valence-corrected chi connectivity index (χ2v) is 18.3. The number of esters is 1. The van der Waals surface area contributed by atoms with E-state index in [0.29, 0.717) is 76.1 Å². The molecular weight excluding hydrogens is 629 g/mol. The van der Waals surface area contributed by atoms with Crippen molar-refractivity contribution in [1.29, 1.82) is 0 Å². The molecule has 0 aliphatic carbocycles. The number of rotatable bonds is 26. The van der Waals surface area contributed by atoms with Crippen molar-refractivity contribution in [3.8, 4) is 0 Å². The normalized spacial score (nSPS) is 13.2. The van der Waals surface area contributed by atoms with Gasteiger partial charge in [0.2, 0.25) is 0 Å². The van der Waals surface area contributed by atoms with Crippen molar-refractivity contribution in [3.05, 3.63) is 0 Å². The summed E-state index contributed by atoms with van der Waals surface area (Å²) in [7, 11) is -5.53. The van der Waals surface area contributed by atoms with Gasteiger partial charge in [-0.1, -0.05) is 23.5 Å². The summed E-state index contributed by atoms with van der Waals surface area (Å²) >= 11 is 2.42. The van der Waals surface area contributed by atoms with Gasteiger partial charge in [0, 0.05) is 75.6 Å². The number of thioether (sulfide) groups is 2. The third-order valence-electron chi connectivity index (χ3n) is 5.81. The number of ether oxygens (including phenoxy) is 1. The molecule has 0 saturated heterocycles. The molecule has 43 heavy (non-hydrogen) atoms. The molecule has 0 bridgehead atoms. The molecule has 0 amide bonds. The van der Waals surface area contributed by atoms with Crippen LogP contribution in [0.5, 0.6) is 0 Å². The van der Waals surface area contributed by atoms with Gasteiger partial charge in [0.15, 0.2) is 10.2 Å². The Morgan fingerprint density at radius 1 is 0.651 bits per heavy atom. The molecule has 0 aromatic heterocycles. The Morgan fingerprint density at radius 3 is 1.42 bits per heavy atom. The summed E-state index contributed by atoms with van der Waals surface area (Å²) in [5.74, 6) is 0.0993. The molecule has 14 heteroatoms. The highest BCUT2D eigenvalue weighted by atomic mass is 32.2. The Morgan fingerprint density at radius 2 is 1.05 bits per heavy atom. The Kier molecular flexibility index (Phi) is 23.8. The zero-order valence-corrected chi connectivity index (χ0v) is 31.7. The molecule has 1 unspecified atom stereocenters. The van der Waals surface area contributed by atoms with Gasteiger partial charge in [-0.3, -0.25) is 14.4 Å². The zero-order chi connectivity index (χ0) is 32.8. The van der Waals surface area contributed by atoms with Gasteiger partial charge in [-0.15, -0.1) is 0 Å². The van der Waals surface area contributed by atoms with E-state index >= 15 is 0 Å². The molecule has 0 heterocycles. The Balaban J connectivity index is 5.09. The maximum absolute atomic E-state index is 13.2. The lowest BCUT2D eigenvalue weighted by molar-refractivity contribution is -0.156. The van der Waals surface area contributed by atoms with E-state index < -0.39 is 35.1 Å². The Hall–Kier alpha value is -0.296. The molecular formula is C29H58O10S2Si2. The van der Waals surface area contributed by atoms with Crippen molar-refractivity contribution in [3.63, 3.8) is 0 Å². The van der Waals surface area contributed by atoms with Crippen molar-refractivity contribution in [1.82, 2.24) is 0 Å². The predicted octanol–water partition coefficient (Wildman–Crippen LogP) is 6.51. The first-order valence-corrected chi connectivity index (χ1v) is 21.6. The Bertz CT molecular complexity index is 749. The quantitative estimate of drug-likeness (QED) is 0.0561. The minimum Gasteiger partial charge on any atom is -0.460 e.